The lowest BCUT2D eigenvalue weighted by Crippen LogP contribution is -2.25. The molecule has 2 N–H and O–H groups in total. The molecule has 1 amide bonds. The summed E-state index contributed by atoms with van der Waals surface area (Å²) in [6, 6.07) is 5.31. The molecule has 1 aromatic carbocycles. The van der Waals surface area contributed by atoms with Crippen LogP contribution in [0.5, 0.6) is 0 Å². The molecule has 0 bridgehead atoms. The number of primary amides is 1. The first-order valence-electron chi connectivity index (χ1n) is 5.12. The Hall–Kier alpha value is -2.50. The predicted molar refractivity (Wildman–Crippen MR) is 63.4 cm³/mol. The minimum atomic E-state index is -0.697. The highest BCUT2D eigenvalue weighted by molar-refractivity contribution is 5.98. The van der Waals surface area contributed by atoms with Crippen molar-refractivity contribution < 1.29 is 9.18 Å². The molecule has 92 valence electrons. The molecule has 0 saturated heterocycles. The third kappa shape index (κ3) is 2.13. The van der Waals surface area contributed by atoms with Gasteiger partial charge in [0.15, 0.2) is 0 Å². The number of amides is 1. The Balaban J connectivity index is 2.69. The van der Waals surface area contributed by atoms with E-state index in [0.29, 0.717) is 5.56 Å². The van der Waals surface area contributed by atoms with Crippen molar-refractivity contribution in [1.29, 1.82) is 0 Å². The van der Waals surface area contributed by atoms with E-state index in [1.807, 2.05) is 0 Å². The van der Waals surface area contributed by atoms with E-state index in [1.165, 1.54) is 37.5 Å². The molecule has 2 rings (SSSR count). The highest BCUT2D eigenvalue weighted by atomic mass is 19.1. The van der Waals surface area contributed by atoms with Crippen LogP contribution in [0.1, 0.15) is 10.4 Å². The molecule has 6 heteroatoms. The van der Waals surface area contributed by atoms with Gasteiger partial charge in [-0.25, -0.2) is 9.18 Å². The van der Waals surface area contributed by atoms with Crippen molar-refractivity contribution in [3.05, 3.63) is 52.3 Å². The smallest absolute Gasteiger partial charge is 0.347 e. The molecule has 1 aromatic heterocycles. The predicted octanol–water partition coefficient (Wildman–Crippen LogP) is 0.685. The van der Waals surface area contributed by atoms with E-state index in [4.69, 9.17) is 5.73 Å². The second-order valence-corrected chi connectivity index (χ2v) is 3.77. The average molecular weight is 247 g/mol. The van der Waals surface area contributed by atoms with Crippen molar-refractivity contribution in [3.63, 3.8) is 0 Å². The van der Waals surface area contributed by atoms with Gasteiger partial charge in [-0.05, 0) is 24.3 Å². The van der Waals surface area contributed by atoms with Gasteiger partial charge in [0.1, 0.15) is 5.82 Å². The normalized spacial score (nSPS) is 10.3. The summed E-state index contributed by atoms with van der Waals surface area (Å²) >= 11 is 0. The van der Waals surface area contributed by atoms with Crippen molar-refractivity contribution in [2.45, 2.75) is 0 Å². The van der Waals surface area contributed by atoms with Crippen LogP contribution in [-0.2, 0) is 7.05 Å². The van der Waals surface area contributed by atoms with Crippen molar-refractivity contribution in [2.75, 3.05) is 0 Å². The van der Waals surface area contributed by atoms with E-state index in [9.17, 15) is 14.0 Å². The molecule has 0 unspecified atom stereocenters. The first-order valence-corrected chi connectivity index (χ1v) is 5.12. The van der Waals surface area contributed by atoms with Gasteiger partial charge in [-0.15, -0.1) is 0 Å². The number of rotatable bonds is 2. The molecular formula is C12H10FN3O2. The lowest BCUT2D eigenvalue weighted by molar-refractivity contribution is 0.1000. The molecule has 18 heavy (non-hydrogen) atoms. The summed E-state index contributed by atoms with van der Waals surface area (Å²) in [6.07, 6.45) is 1.32. The van der Waals surface area contributed by atoms with Gasteiger partial charge in [-0.1, -0.05) is 0 Å². The average Bonchev–Trinajstić information content (AvgIpc) is 2.33. The lowest BCUT2D eigenvalue weighted by atomic mass is 10.1. The second-order valence-electron chi connectivity index (χ2n) is 3.77. The quantitative estimate of drug-likeness (QED) is 0.847. The molecule has 5 nitrogen and oxygen atoms in total. The van der Waals surface area contributed by atoms with Crippen LogP contribution >= 0.6 is 0 Å². The SMILES string of the molecule is Cn1cc(C(N)=O)c(-c2ccc(F)cc2)nc1=O. The molecule has 0 spiro atoms. The van der Waals surface area contributed by atoms with Crippen LogP contribution in [0.3, 0.4) is 0 Å². The number of nitrogens with zero attached hydrogens (tertiary/aromatic N) is 2. The van der Waals surface area contributed by atoms with Crippen molar-refractivity contribution >= 4 is 5.91 Å². The molecule has 2 aromatic rings. The van der Waals surface area contributed by atoms with Crippen molar-refractivity contribution in [2.24, 2.45) is 12.8 Å². The van der Waals surface area contributed by atoms with Crippen LogP contribution in [0.2, 0.25) is 0 Å². The van der Waals surface area contributed by atoms with Crippen LogP contribution in [0.15, 0.2) is 35.3 Å². The fourth-order valence-electron chi connectivity index (χ4n) is 1.55. The Labute approximate surface area is 102 Å². The van der Waals surface area contributed by atoms with E-state index in [0.717, 1.165) is 4.57 Å². The number of carbonyl (C=O) groups is 1. The zero-order valence-corrected chi connectivity index (χ0v) is 9.55. The van der Waals surface area contributed by atoms with Crippen LogP contribution in [0, 0.1) is 5.82 Å². The fraction of sp³-hybridized carbons (Fsp3) is 0.0833. The van der Waals surface area contributed by atoms with Crippen LogP contribution < -0.4 is 11.4 Å². The summed E-state index contributed by atoms with van der Waals surface area (Å²) in [5.41, 5.74) is 5.45. The number of halogens is 1. The van der Waals surface area contributed by atoms with Gasteiger partial charge in [0.2, 0.25) is 0 Å². The van der Waals surface area contributed by atoms with E-state index in [2.05, 4.69) is 4.98 Å². The Morgan fingerprint density at radius 3 is 2.50 bits per heavy atom. The molecule has 0 fully saturated rings. The standard InChI is InChI=1S/C12H10FN3O2/c1-16-6-9(11(14)17)10(15-12(16)18)7-2-4-8(13)5-3-7/h2-6H,1H3,(H2,14,17). The molecule has 0 radical (unpaired) electrons. The van der Waals surface area contributed by atoms with Crippen molar-refractivity contribution in [1.82, 2.24) is 9.55 Å². The Kier molecular flexibility index (Phi) is 2.93. The van der Waals surface area contributed by atoms with E-state index >= 15 is 0 Å². The second kappa shape index (κ2) is 4.40. The third-order valence-corrected chi connectivity index (χ3v) is 2.47. The Morgan fingerprint density at radius 2 is 1.94 bits per heavy atom. The molecular weight excluding hydrogens is 237 g/mol. The van der Waals surface area contributed by atoms with Crippen molar-refractivity contribution in [3.8, 4) is 11.3 Å². The zero-order valence-electron chi connectivity index (χ0n) is 9.55. The molecule has 0 aliphatic carbocycles. The first kappa shape index (κ1) is 12.0. The largest absolute Gasteiger partial charge is 0.365 e. The Morgan fingerprint density at radius 1 is 1.33 bits per heavy atom. The van der Waals surface area contributed by atoms with E-state index in [-0.39, 0.29) is 11.3 Å². The van der Waals surface area contributed by atoms with Crippen LogP contribution in [0.4, 0.5) is 4.39 Å². The minimum Gasteiger partial charge on any atom is -0.365 e. The van der Waals surface area contributed by atoms with Crippen LogP contribution in [-0.4, -0.2) is 15.5 Å². The highest BCUT2D eigenvalue weighted by Crippen LogP contribution is 2.19. The monoisotopic (exact) mass is 247 g/mol. The Bertz CT molecular complexity index is 662. The maximum Gasteiger partial charge on any atom is 0.347 e. The number of aromatic nitrogens is 2. The number of nitrogens with two attached hydrogens (primary N) is 1. The number of aryl methyl sites for hydroxylation is 1. The molecule has 0 saturated carbocycles. The third-order valence-electron chi connectivity index (χ3n) is 2.47. The minimum absolute atomic E-state index is 0.115. The topological polar surface area (TPSA) is 78.0 Å². The van der Waals surface area contributed by atoms with Gasteiger partial charge in [-0.2, -0.15) is 4.98 Å². The summed E-state index contributed by atoms with van der Waals surface area (Å²) in [6.45, 7) is 0. The highest BCUT2D eigenvalue weighted by Gasteiger charge is 2.13. The van der Waals surface area contributed by atoms with E-state index < -0.39 is 17.4 Å². The molecule has 0 aliphatic heterocycles. The number of benzene rings is 1. The zero-order chi connectivity index (χ0) is 13.3. The summed E-state index contributed by atoms with van der Waals surface area (Å²) in [5, 5.41) is 0. The number of hydrogen-bond donors (Lipinski definition) is 1. The molecule has 0 aliphatic rings. The summed E-state index contributed by atoms with van der Waals surface area (Å²) in [4.78, 5) is 26.6. The number of hydrogen-bond acceptors (Lipinski definition) is 3. The summed E-state index contributed by atoms with van der Waals surface area (Å²) < 4.78 is 14.0. The van der Waals surface area contributed by atoms with Gasteiger partial charge in [0.25, 0.3) is 5.91 Å². The van der Waals surface area contributed by atoms with E-state index in [1.54, 1.807) is 0 Å². The summed E-state index contributed by atoms with van der Waals surface area (Å²) in [5.74, 6) is -1.11. The molecule has 0 atom stereocenters. The van der Waals surface area contributed by atoms with Gasteiger partial charge in [0.05, 0.1) is 11.3 Å². The maximum absolute atomic E-state index is 12.8. The van der Waals surface area contributed by atoms with Gasteiger partial charge in [0, 0.05) is 18.8 Å². The lowest BCUT2D eigenvalue weighted by Gasteiger charge is -2.07. The van der Waals surface area contributed by atoms with Gasteiger partial charge < -0.3 is 10.3 Å². The number of carbonyl (C=O) groups excluding carboxylic acids is 1. The maximum atomic E-state index is 12.8. The summed E-state index contributed by atoms with van der Waals surface area (Å²) in [7, 11) is 1.47. The first-order chi connectivity index (χ1) is 8.49. The molecule has 1 heterocycles. The fourth-order valence-corrected chi connectivity index (χ4v) is 1.55. The van der Waals surface area contributed by atoms with Gasteiger partial charge in [-0.3, -0.25) is 4.79 Å². The van der Waals surface area contributed by atoms with Gasteiger partial charge >= 0.3 is 5.69 Å². The van der Waals surface area contributed by atoms with Crippen LogP contribution in [0.25, 0.3) is 11.3 Å².